The molecule has 0 amide bonds. The molecule has 1 fully saturated rings. The minimum atomic E-state index is -3.49. The van der Waals surface area contributed by atoms with Crippen molar-refractivity contribution in [2.24, 2.45) is 0 Å². The zero-order valence-electron chi connectivity index (χ0n) is 10.8. The Morgan fingerprint density at radius 3 is 2.58 bits per heavy atom. The average Bonchev–Trinajstić information content (AvgIpc) is 2.88. The van der Waals surface area contributed by atoms with Crippen molar-refractivity contribution in [2.75, 3.05) is 26.2 Å². The number of hydrogen-bond acceptors (Lipinski definition) is 3. The SMILES string of the molecule is O=S(=O)(NCCCN1CCCC1)c1ccccc1Cl. The third-order valence-corrected chi connectivity index (χ3v) is 5.23. The molecular weight excluding hydrogens is 284 g/mol. The van der Waals surface area contributed by atoms with Gasteiger partial charge in [-0.25, -0.2) is 13.1 Å². The molecule has 0 atom stereocenters. The zero-order valence-corrected chi connectivity index (χ0v) is 12.4. The summed E-state index contributed by atoms with van der Waals surface area (Å²) >= 11 is 5.90. The maximum atomic E-state index is 12.0. The van der Waals surface area contributed by atoms with Crippen molar-refractivity contribution >= 4 is 21.6 Å². The molecule has 2 rings (SSSR count). The zero-order chi connectivity index (χ0) is 13.7. The van der Waals surface area contributed by atoms with E-state index in [0.29, 0.717) is 6.54 Å². The Labute approximate surface area is 119 Å². The smallest absolute Gasteiger partial charge is 0.242 e. The van der Waals surface area contributed by atoms with Crippen molar-refractivity contribution in [2.45, 2.75) is 24.2 Å². The van der Waals surface area contributed by atoms with Crippen LogP contribution in [0.15, 0.2) is 29.2 Å². The van der Waals surface area contributed by atoms with Gasteiger partial charge in [0.1, 0.15) is 4.90 Å². The van der Waals surface area contributed by atoms with Crippen LogP contribution in [0.25, 0.3) is 0 Å². The van der Waals surface area contributed by atoms with E-state index < -0.39 is 10.0 Å². The summed E-state index contributed by atoms with van der Waals surface area (Å²) in [6.07, 6.45) is 3.33. The normalized spacial score (nSPS) is 16.9. The van der Waals surface area contributed by atoms with E-state index in [0.717, 1.165) is 26.1 Å². The maximum Gasteiger partial charge on any atom is 0.242 e. The van der Waals surface area contributed by atoms with Crippen LogP contribution in [0.3, 0.4) is 0 Å². The Bertz CT molecular complexity index is 513. The molecule has 0 bridgehead atoms. The molecule has 1 aliphatic heterocycles. The first-order chi connectivity index (χ1) is 9.09. The summed E-state index contributed by atoms with van der Waals surface area (Å²) in [5.41, 5.74) is 0. The topological polar surface area (TPSA) is 49.4 Å². The molecule has 0 aromatic heterocycles. The molecule has 0 unspecified atom stereocenters. The van der Waals surface area contributed by atoms with Crippen molar-refractivity contribution < 1.29 is 8.42 Å². The van der Waals surface area contributed by atoms with Crippen LogP contribution in [0.2, 0.25) is 5.02 Å². The molecule has 106 valence electrons. The van der Waals surface area contributed by atoms with Gasteiger partial charge < -0.3 is 4.90 Å². The lowest BCUT2D eigenvalue weighted by Gasteiger charge is -2.14. The first-order valence-electron chi connectivity index (χ1n) is 6.56. The number of likely N-dealkylation sites (tertiary alicyclic amines) is 1. The van der Waals surface area contributed by atoms with Gasteiger partial charge in [0.2, 0.25) is 10.0 Å². The van der Waals surface area contributed by atoms with E-state index in [-0.39, 0.29) is 9.92 Å². The Kier molecular flexibility index (Phi) is 5.21. The van der Waals surface area contributed by atoms with E-state index in [2.05, 4.69) is 9.62 Å². The fraction of sp³-hybridized carbons (Fsp3) is 0.538. The van der Waals surface area contributed by atoms with Crippen LogP contribution >= 0.6 is 11.6 Å². The molecule has 6 heteroatoms. The molecule has 1 saturated heterocycles. The lowest BCUT2D eigenvalue weighted by Crippen LogP contribution is -2.28. The third-order valence-electron chi connectivity index (χ3n) is 3.27. The Morgan fingerprint density at radius 2 is 1.89 bits per heavy atom. The molecule has 1 aromatic rings. The van der Waals surface area contributed by atoms with Crippen LogP contribution in [0.1, 0.15) is 19.3 Å². The number of nitrogens with one attached hydrogen (secondary N) is 1. The predicted molar refractivity (Wildman–Crippen MR) is 76.9 cm³/mol. The lowest BCUT2D eigenvalue weighted by molar-refractivity contribution is 0.334. The van der Waals surface area contributed by atoms with Crippen molar-refractivity contribution in [3.63, 3.8) is 0 Å². The molecule has 0 spiro atoms. The standard InChI is InChI=1S/C13H19ClN2O2S/c14-12-6-1-2-7-13(12)19(17,18)15-8-5-11-16-9-3-4-10-16/h1-2,6-7,15H,3-5,8-11H2. The molecule has 1 aromatic carbocycles. The van der Waals surface area contributed by atoms with Crippen LogP contribution < -0.4 is 4.72 Å². The quantitative estimate of drug-likeness (QED) is 0.819. The third kappa shape index (κ3) is 4.18. The highest BCUT2D eigenvalue weighted by atomic mass is 35.5. The van der Waals surface area contributed by atoms with Gasteiger partial charge in [-0.3, -0.25) is 0 Å². The minimum absolute atomic E-state index is 0.151. The van der Waals surface area contributed by atoms with Crippen LogP contribution in [0, 0.1) is 0 Å². The van der Waals surface area contributed by atoms with E-state index >= 15 is 0 Å². The van der Waals surface area contributed by atoms with Gasteiger partial charge >= 0.3 is 0 Å². The van der Waals surface area contributed by atoms with Crippen LogP contribution in [-0.2, 0) is 10.0 Å². The molecular formula is C13H19ClN2O2S. The summed E-state index contributed by atoms with van der Waals surface area (Å²) in [6.45, 7) is 3.67. The van der Waals surface area contributed by atoms with Crippen molar-refractivity contribution in [3.8, 4) is 0 Å². The summed E-state index contributed by atoms with van der Waals surface area (Å²) in [5, 5.41) is 0.259. The lowest BCUT2D eigenvalue weighted by atomic mass is 10.4. The van der Waals surface area contributed by atoms with Gasteiger partial charge in [-0.05, 0) is 51.0 Å². The summed E-state index contributed by atoms with van der Waals surface area (Å²) in [7, 11) is -3.49. The van der Waals surface area contributed by atoms with Gasteiger partial charge in [-0.1, -0.05) is 23.7 Å². The van der Waals surface area contributed by atoms with E-state index in [1.807, 2.05) is 0 Å². The number of sulfonamides is 1. The summed E-state index contributed by atoms with van der Waals surface area (Å²) in [4.78, 5) is 2.52. The monoisotopic (exact) mass is 302 g/mol. The van der Waals surface area contributed by atoms with Gasteiger partial charge in [0, 0.05) is 6.54 Å². The first-order valence-corrected chi connectivity index (χ1v) is 8.42. The van der Waals surface area contributed by atoms with Crippen molar-refractivity contribution in [3.05, 3.63) is 29.3 Å². The second kappa shape index (κ2) is 6.70. The molecule has 0 aliphatic carbocycles. The summed E-state index contributed by atoms with van der Waals surface area (Å²) < 4.78 is 26.7. The molecule has 1 N–H and O–H groups in total. The maximum absolute atomic E-state index is 12.0. The van der Waals surface area contributed by atoms with E-state index in [9.17, 15) is 8.42 Å². The highest BCUT2D eigenvalue weighted by molar-refractivity contribution is 7.89. The van der Waals surface area contributed by atoms with Gasteiger partial charge in [-0.2, -0.15) is 0 Å². The minimum Gasteiger partial charge on any atom is -0.303 e. The number of benzene rings is 1. The first kappa shape index (κ1) is 14.8. The fourth-order valence-corrected chi connectivity index (χ4v) is 3.85. The number of nitrogens with zero attached hydrogens (tertiary/aromatic N) is 1. The second-order valence-electron chi connectivity index (χ2n) is 4.73. The van der Waals surface area contributed by atoms with Gasteiger partial charge in [0.25, 0.3) is 0 Å². The molecule has 1 aliphatic rings. The Balaban J connectivity index is 1.82. The number of halogens is 1. The van der Waals surface area contributed by atoms with E-state index in [1.54, 1.807) is 18.2 Å². The van der Waals surface area contributed by atoms with Gasteiger partial charge in [0.05, 0.1) is 5.02 Å². The molecule has 0 radical (unpaired) electrons. The Hall–Kier alpha value is -0.620. The predicted octanol–water partition coefficient (Wildman–Crippen LogP) is 2.10. The fourth-order valence-electron chi connectivity index (χ4n) is 2.26. The van der Waals surface area contributed by atoms with Gasteiger partial charge in [-0.15, -0.1) is 0 Å². The summed E-state index contributed by atoms with van der Waals surface area (Å²) in [5.74, 6) is 0. The van der Waals surface area contributed by atoms with E-state index in [4.69, 9.17) is 11.6 Å². The van der Waals surface area contributed by atoms with Gasteiger partial charge in [0.15, 0.2) is 0 Å². The molecule has 1 heterocycles. The summed E-state index contributed by atoms with van der Waals surface area (Å²) in [6, 6.07) is 6.49. The van der Waals surface area contributed by atoms with Crippen LogP contribution in [0.4, 0.5) is 0 Å². The highest BCUT2D eigenvalue weighted by Crippen LogP contribution is 2.20. The number of hydrogen-bond donors (Lipinski definition) is 1. The molecule has 19 heavy (non-hydrogen) atoms. The largest absolute Gasteiger partial charge is 0.303 e. The molecule has 4 nitrogen and oxygen atoms in total. The average molecular weight is 303 g/mol. The highest BCUT2D eigenvalue weighted by Gasteiger charge is 2.17. The van der Waals surface area contributed by atoms with Crippen molar-refractivity contribution in [1.82, 2.24) is 9.62 Å². The Morgan fingerprint density at radius 1 is 1.21 bits per heavy atom. The second-order valence-corrected chi connectivity index (χ2v) is 6.87. The van der Waals surface area contributed by atoms with E-state index in [1.165, 1.54) is 18.9 Å². The van der Waals surface area contributed by atoms with Crippen molar-refractivity contribution in [1.29, 1.82) is 0 Å². The molecule has 0 saturated carbocycles. The number of rotatable bonds is 6. The van der Waals surface area contributed by atoms with Crippen LogP contribution in [-0.4, -0.2) is 39.5 Å². The van der Waals surface area contributed by atoms with Crippen LogP contribution in [0.5, 0.6) is 0 Å².